The fraction of sp³-hybridized carbons (Fsp3) is 0.333. The van der Waals surface area contributed by atoms with Crippen molar-refractivity contribution in [2.24, 2.45) is 5.92 Å². The highest BCUT2D eigenvalue weighted by molar-refractivity contribution is 6.04. The van der Waals surface area contributed by atoms with Crippen LogP contribution in [0.15, 0.2) is 54.6 Å². The van der Waals surface area contributed by atoms with Crippen molar-refractivity contribution in [3.8, 4) is 0 Å². The Labute approximate surface area is 181 Å². The molecule has 3 rings (SSSR count). The number of esters is 1. The third-order valence-electron chi connectivity index (χ3n) is 5.25. The summed E-state index contributed by atoms with van der Waals surface area (Å²) in [5, 5.41) is 5.34. The number of ether oxygens (including phenoxy) is 1. The van der Waals surface area contributed by atoms with Crippen LogP contribution < -0.4 is 10.6 Å². The van der Waals surface area contributed by atoms with Crippen molar-refractivity contribution in [3.05, 3.63) is 65.7 Å². The molecule has 1 saturated carbocycles. The van der Waals surface area contributed by atoms with E-state index in [1.165, 1.54) is 0 Å². The Kier molecular flexibility index (Phi) is 7.92. The summed E-state index contributed by atoms with van der Waals surface area (Å²) in [6, 6.07) is 15.1. The molecule has 0 bridgehead atoms. The molecule has 0 aliphatic heterocycles. The Hall–Kier alpha value is -3.48. The molecule has 0 radical (unpaired) electrons. The van der Waals surface area contributed by atoms with Gasteiger partial charge in [0.25, 0.3) is 5.91 Å². The van der Waals surface area contributed by atoms with Crippen LogP contribution in [0.3, 0.4) is 0 Å². The van der Waals surface area contributed by atoms with Crippen LogP contribution in [0, 0.1) is 5.92 Å². The minimum Gasteiger partial charge on any atom is -0.456 e. The molecule has 2 amide bonds. The summed E-state index contributed by atoms with van der Waals surface area (Å²) < 4.78 is 4.98. The van der Waals surface area contributed by atoms with Crippen molar-refractivity contribution in [2.75, 3.05) is 18.5 Å². The van der Waals surface area contributed by atoms with Crippen molar-refractivity contribution in [3.63, 3.8) is 0 Å². The van der Waals surface area contributed by atoms with Crippen molar-refractivity contribution >= 4 is 29.3 Å². The fourth-order valence-corrected chi connectivity index (χ4v) is 3.48. The van der Waals surface area contributed by atoms with Gasteiger partial charge >= 0.3 is 5.97 Å². The summed E-state index contributed by atoms with van der Waals surface area (Å²) in [7, 11) is 0. The van der Waals surface area contributed by atoms with Crippen LogP contribution in [0.25, 0.3) is 0 Å². The second-order valence-electron chi connectivity index (χ2n) is 7.53. The number of carbonyl (C=O) groups is 4. The van der Waals surface area contributed by atoms with Crippen molar-refractivity contribution < 1.29 is 23.9 Å². The monoisotopic (exact) mass is 422 g/mol. The SMILES string of the molecule is O=C(CNC(=O)C1CCCCC1)OCC(=O)c1ccc(NC(=O)c2ccccc2)cc1. The van der Waals surface area contributed by atoms with Gasteiger partial charge in [-0.25, -0.2) is 0 Å². The van der Waals surface area contributed by atoms with Crippen LogP contribution in [0.4, 0.5) is 5.69 Å². The Morgan fingerprint density at radius 2 is 1.52 bits per heavy atom. The van der Waals surface area contributed by atoms with E-state index in [9.17, 15) is 19.2 Å². The summed E-state index contributed by atoms with van der Waals surface area (Å²) in [6.07, 6.45) is 4.91. The quantitative estimate of drug-likeness (QED) is 0.502. The smallest absolute Gasteiger partial charge is 0.325 e. The lowest BCUT2D eigenvalue weighted by Crippen LogP contribution is -2.36. The second-order valence-corrected chi connectivity index (χ2v) is 7.53. The third kappa shape index (κ3) is 6.77. The normalized spacial score (nSPS) is 13.8. The maximum absolute atomic E-state index is 12.2. The van der Waals surface area contributed by atoms with Gasteiger partial charge in [-0.15, -0.1) is 0 Å². The first-order valence-corrected chi connectivity index (χ1v) is 10.5. The topological polar surface area (TPSA) is 102 Å². The molecule has 162 valence electrons. The molecular formula is C24H26N2O5. The number of carbonyl (C=O) groups excluding carboxylic acids is 4. The third-order valence-corrected chi connectivity index (χ3v) is 5.25. The zero-order valence-electron chi connectivity index (χ0n) is 17.3. The average molecular weight is 422 g/mol. The van der Waals surface area contributed by atoms with E-state index < -0.39 is 12.6 Å². The van der Waals surface area contributed by atoms with Crippen LogP contribution in [0.5, 0.6) is 0 Å². The molecule has 1 fully saturated rings. The van der Waals surface area contributed by atoms with Crippen LogP contribution in [-0.4, -0.2) is 36.7 Å². The van der Waals surface area contributed by atoms with Gasteiger partial charge in [0.1, 0.15) is 6.54 Å². The van der Waals surface area contributed by atoms with Crippen molar-refractivity contribution in [2.45, 2.75) is 32.1 Å². The number of ketones is 1. The summed E-state index contributed by atoms with van der Waals surface area (Å²) in [6.45, 7) is -0.652. The minimum atomic E-state index is -0.649. The Bertz CT molecular complexity index is 919. The molecule has 0 atom stereocenters. The maximum atomic E-state index is 12.2. The standard InChI is InChI=1S/C24H26N2O5/c27-21(16-31-22(28)15-25-23(29)18-7-3-1-4-8-18)17-11-13-20(14-12-17)26-24(30)19-9-5-2-6-10-19/h2,5-6,9-14,18H,1,3-4,7-8,15-16H2,(H,25,29)(H,26,30). The molecule has 2 aromatic carbocycles. The lowest BCUT2D eigenvalue weighted by molar-refractivity contribution is -0.143. The number of amides is 2. The van der Waals surface area contributed by atoms with Gasteiger partial charge in [0.2, 0.25) is 5.91 Å². The lowest BCUT2D eigenvalue weighted by Gasteiger charge is -2.20. The van der Waals surface area contributed by atoms with Crippen LogP contribution in [-0.2, 0) is 14.3 Å². The highest BCUT2D eigenvalue weighted by Gasteiger charge is 2.21. The molecule has 0 aromatic heterocycles. The number of nitrogens with one attached hydrogen (secondary N) is 2. The predicted molar refractivity (Wildman–Crippen MR) is 116 cm³/mol. The summed E-state index contributed by atoms with van der Waals surface area (Å²) in [5.41, 5.74) is 1.44. The largest absolute Gasteiger partial charge is 0.456 e. The molecule has 0 spiro atoms. The maximum Gasteiger partial charge on any atom is 0.325 e. The van der Waals surface area contributed by atoms with Gasteiger partial charge in [-0.2, -0.15) is 0 Å². The number of Topliss-reactive ketones (excluding diaryl/α,β-unsaturated/α-hetero) is 1. The molecule has 7 heteroatoms. The molecule has 1 aliphatic carbocycles. The van der Waals surface area contributed by atoms with E-state index in [1.807, 2.05) is 6.07 Å². The molecule has 31 heavy (non-hydrogen) atoms. The zero-order chi connectivity index (χ0) is 22.1. The van der Waals surface area contributed by atoms with Crippen LogP contribution in [0.2, 0.25) is 0 Å². The van der Waals surface area contributed by atoms with Crippen LogP contribution >= 0.6 is 0 Å². The van der Waals surface area contributed by atoms with E-state index in [2.05, 4.69) is 10.6 Å². The van der Waals surface area contributed by atoms with E-state index in [4.69, 9.17) is 4.74 Å². The summed E-state index contributed by atoms with van der Waals surface area (Å²) in [4.78, 5) is 48.3. The first kappa shape index (κ1) is 22.2. The van der Waals surface area contributed by atoms with E-state index >= 15 is 0 Å². The second kappa shape index (κ2) is 11.1. The Morgan fingerprint density at radius 3 is 2.19 bits per heavy atom. The fourth-order valence-electron chi connectivity index (χ4n) is 3.48. The molecule has 2 N–H and O–H groups in total. The molecule has 2 aromatic rings. The zero-order valence-corrected chi connectivity index (χ0v) is 17.3. The highest BCUT2D eigenvalue weighted by atomic mass is 16.5. The molecule has 7 nitrogen and oxygen atoms in total. The Balaban J connectivity index is 1.41. The number of rotatable bonds is 8. The van der Waals surface area contributed by atoms with Crippen molar-refractivity contribution in [1.82, 2.24) is 5.32 Å². The number of benzene rings is 2. The van der Waals surface area contributed by atoms with Gasteiger partial charge in [-0.05, 0) is 49.2 Å². The van der Waals surface area contributed by atoms with Crippen molar-refractivity contribution in [1.29, 1.82) is 0 Å². The summed E-state index contributed by atoms with van der Waals surface area (Å²) >= 11 is 0. The van der Waals surface area contributed by atoms with Gasteiger partial charge in [0.05, 0.1) is 0 Å². The van der Waals surface area contributed by atoms with Gasteiger partial charge in [0.15, 0.2) is 12.4 Å². The average Bonchev–Trinajstić information content (AvgIpc) is 2.82. The molecular weight excluding hydrogens is 396 g/mol. The van der Waals surface area contributed by atoms with E-state index in [-0.39, 0.29) is 30.1 Å². The highest BCUT2D eigenvalue weighted by Crippen LogP contribution is 2.23. The molecule has 0 heterocycles. The first-order chi connectivity index (χ1) is 15.0. The van der Waals surface area contributed by atoms with E-state index in [0.29, 0.717) is 16.8 Å². The van der Waals surface area contributed by atoms with Crippen LogP contribution in [0.1, 0.15) is 52.8 Å². The molecule has 0 saturated heterocycles. The number of anilines is 1. The van der Waals surface area contributed by atoms with Gasteiger partial charge in [-0.1, -0.05) is 37.5 Å². The molecule has 0 unspecified atom stereocenters. The lowest BCUT2D eigenvalue weighted by atomic mass is 9.89. The van der Waals surface area contributed by atoms with Gasteiger partial charge < -0.3 is 15.4 Å². The van der Waals surface area contributed by atoms with E-state index in [0.717, 1.165) is 32.1 Å². The number of hydrogen-bond acceptors (Lipinski definition) is 5. The number of hydrogen-bond donors (Lipinski definition) is 2. The Morgan fingerprint density at radius 1 is 0.839 bits per heavy atom. The summed E-state index contributed by atoms with van der Waals surface area (Å²) in [5.74, 6) is -1.43. The van der Waals surface area contributed by atoms with Gasteiger partial charge in [0, 0.05) is 22.7 Å². The minimum absolute atomic E-state index is 0.0379. The van der Waals surface area contributed by atoms with Gasteiger partial charge in [-0.3, -0.25) is 19.2 Å². The van der Waals surface area contributed by atoms with E-state index in [1.54, 1.807) is 48.5 Å². The first-order valence-electron chi connectivity index (χ1n) is 10.5. The predicted octanol–water partition coefficient (Wildman–Crippen LogP) is 3.36. The molecule has 1 aliphatic rings.